The van der Waals surface area contributed by atoms with E-state index in [0.29, 0.717) is 0 Å². The molecule has 0 spiro atoms. The van der Waals surface area contributed by atoms with Crippen LogP contribution in [0.15, 0.2) is 24.3 Å². The molecule has 4 rings (SSSR count). The number of aryl methyl sites for hydroxylation is 2. The van der Waals surface area contributed by atoms with Crippen molar-refractivity contribution in [2.24, 2.45) is 0 Å². The predicted molar refractivity (Wildman–Crippen MR) is 113 cm³/mol. The summed E-state index contributed by atoms with van der Waals surface area (Å²) >= 11 is 1.60. The number of likely N-dealkylation sites (tertiary alicyclic amines) is 2. The van der Waals surface area contributed by atoms with E-state index in [1.54, 1.807) is 17.4 Å². The second-order valence-corrected chi connectivity index (χ2v) is 8.84. The van der Waals surface area contributed by atoms with E-state index in [4.69, 9.17) is 0 Å². The summed E-state index contributed by atoms with van der Waals surface area (Å²) in [7, 11) is 0. The average Bonchev–Trinajstić information content (AvgIpc) is 3.08. The number of carbonyl (C=O) groups is 1. The van der Waals surface area contributed by atoms with Crippen molar-refractivity contribution >= 4 is 17.7 Å². The number of piperidine rings is 2. The van der Waals surface area contributed by atoms with Crippen LogP contribution in [0, 0.1) is 19.7 Å². The minimum absolute atomic E-state index is 0.215. The normalized spacial score (nSPS) is 18.5. The summed E-state index contributed by atoms with van der Waals surface area (Å²) in [5.41, 5.74) is 1.88. The van der Waals surface area contributed by atoms with Gasteiger partial charge in [0, 0.05) is 29.6 Å². The fourth-order valence-electron chi connectivity index (χ4n) is 3.86. The van der Waals surface area contributed by atoms with Crippen LogP contribution in [0.4, 0.5) is 4.39 Å². The Morgan fingerprint density at radius 3 is 2.39 bits per heavy atom. The molecule has 2 aliphatic heterocycles. The molecular weight excluding hydrogens is 373 g/mol. The number of nitrogens with zero attached hydrogens (tertiary/aromatic N) is 3. The Labute approximate surface area is 171 Å². The van der Waals surface area contributed by atoms with Gasteiger partial charge in [-0.3, -0.25) is 4.79 Å². The molecule has 2 aliphatic rings. The van der Waals surface area contributed by atoms with Crippen molar-refractivity contribution in [3.05, 3.63) is 40.7 Å². The topological polar surface area (TPSA) is 36.4 Å². The number of thiazole rings is 1. The molecule has 2 fully saturated rings. The number of hydrogen-bond acceptors (Lipinski definition) is 4. The van der Waals surface area contributed by atoms with E-state index in [9.17, 15) is 9.18 Å². The number of rotatable bonds is 3. The second-order valence-electron chi connectivity index (χ2n) is 7.64. The fourth-order valence-corrected chi connectivity index (χ4v) is 4.77. The Balaban J connectivity index is 0.000000161. The standard InChI is InChI=1S/C11H10FNS.C11H20N2O/c1-7-8(2)14-11(13-7)9-4-3-5-10(12)6-9;14-10-12-8-4-11(5-9-12)13-6-2-1-3-7-13/h3-6H,1-2H3;10-11H,1-9H2. The summed E-state index contributed by atoms with van der Waals surface area (Å²) in [5.74, 6) is -0.215. The first-order valence-corrected chi connectivity index (χ1v) is 11.0. The maximum atomic E-state index is 12.9. The molecule has 2 aromatic rings. The number of aromatic nitrogens is 1. The van der Waals surface area contributed by atoms with Crippen LogP contribution in [0.5, 0.6) is 0 Å². The van der Waals surface area contributed by atoms with Crippen LogP contribution in [-0.2, 0) is 4.79 Å². The van der Waals surface area contributed by atoms with Crippen LogP contribution < -0.4 is 0 Å². The van der Waals surface area contributed by atoms with Crippen LogP contribution in [0.25, 0.3) is 10.6 Å². The first kappa shape index (κ1) is 20.9. The molecule has 3 heterocycles. The van der Waals surface area contributed by atoms with Gasteiger partial charge in [0.1, 0.15) is 10.8 Å². The number of carbonyl (C=O) groups excluding carboxylic acids is 1. The average molecular weight is 404 g/mol. The van der Waals surface area contributed by atoms with Gasteiger partial charge < -0.3 is 9.80 Å². The summed E-state index contributed by atoms with van der Waals surface area (Å²) in [6.45, 7) is 8.48. The zero-order chi connectivity index (χ0) is 19.9. The Morgan fingerprint density at radius 2 is 1.82 bits per heavy atom. The lowest BCUT2D eigenvalue weighted by atomic mass is 10.0. The van der Waals surface area contributed by atoms with E-state index in [1.807, 2.05) is 24.8 Å². The molecule has 1 aromatic carbocycles. The first-order valence-electron chi connectivity index (χ1n) is 10.2. The van der Waals surface area contributed by atoms with E-state index in [-0.39, 0.29) is 5.82 Å². The smallest absolute Gasteiger partial charge is 0.209 e. The molecule has 0 radical (unpaired) electrons. The minimum atomic E-state index is -0.215. The highest BCUT2D eigenvalue weighted by Gasteiger charge is 2.24. The predicted octanol–water partition coefficient (Wildman–Crippen LogP) is 4.66. The lowest BCUT2D eigenvalue weighted by molar-refractivity contribution is -0.119. The van der Waals surface area contributed by atoms with Gasteiger partial charge in [0.15, 0.2) is 0 Å². The van der Waals surface area contributed by atoms with Crippen molar-refractivity contribution in [2.75, 3.05) is 26.2 Å². The quantitative estimate of drug-likeness (QED) is 0.700. The summed E-state index contributed by atoms with van der Waals surface area (Å²) < 4.78 is 12.9. The summed E-state index contributed by atoms with van der Waals surface area (Å²) in [6, 6.07) is 7.29. The summed E-state index contributed by atoms with van der Waals surface area (Å²) in [4.78, 5) is 20.6. The molecule has 4 nitrogen and oxygen atoms in total. The largest absolute Gasteiger partial charge is 0.345 e. The molecule has 0 atom stereocenters. The van der Waals surface area contributed by atoms with Crippen molar-refractivity contribution in [3.8, 4) is 10.6 Å². The Bertz CT molecular complexity index is 745. The van der Waals surface area contributed by atoms with Crippen molar-refractivity contribution in [3.63, 3.8) is 0 Å². The third-order valence-electron chi connectivity index (χ3n) is 5.66. The van der Waals surface area contributed by atoms with Gasteiger partial charge in [0.05, 0.1) is 5.69 Å². The molecule has 6 heteroatoms. The Hall–Kier alpha value is -1.79. The molecule has 1 aromatic heterocycles. The van der Waals surface area contributed by atoms with Crippen LogP contribution in [-0.4, -0.2) is 53.4 Å². The van der Waals surface area contributed by atoms with E-state index in [2.05, 4.69) is 9.88 Å². The number of halogens is 1. The third-order valence-corrected chi connectivity index (χ3v) is 6.78. The van der Waals surface area contributed by atoms with Gasteiger partial charge in [-0.15, -0.1) is 11.3 Å². The molecule has 0 unspecified atom stereocenters. The summed E-state index contributed by atoms with van der Waals surface area (Å²) in [6.07, 6.45) is 7.50. The molecule has 2 saturated heterocycles. The molecular formula is C22H30FN3OS. The highest BCUT2D eigenvalue weighted by atomic mass is 32.1. The highest BCUT2D eigenvalue weighted by molar-refractivity contribution is 7.15. The van der Waals surface area contributed by atoms with Crippen molar-refractivity contribution < 1.29 is 9.18 Å². The van der Waals surface area contributed by atoms with E-state index < -0.39 is 0 Å². The van der Waals surface area contributed by atoms with Gasteiger partial charge in [-0.25, -0.2) is 9.37 Å². The second kappa shape index (κ2) is 10.1. The Kier molecular flexibility index (Phi) is 7.57. The van der Waals surface area contributed by atoms with Crippen LogP contribution in [0.3, 0.4) is 0 Å². The van der Waals surface area contributed by atoms with Crippen LogP contribution >= 0.6 is 11.3 Å². The summed E-state index contributed by atoms with van der Waals surface area (Å²) in [5, 5.41) is 0.888. The first-order chi connectivity index (χ1) is 13.6. The zero-order valence-corrected chi connectivity index (χ0v) is 17.7. The monoisotopic (exact) mass is 403 g/mol. The van der Waals surface area contributed by atoms with E-state index in [1.165, 1.54) is 62.2 Å². The SMILES string of the molecule is Cc1nc(-c2cccc(F)c2)sc1C.O=CN1CCC(N2CCCCC2)CC1. The lowest BCUT2D eigenvalue weighted by Gasteiger charge is -2.39. The fraction of sp³-hybridized carbons (Fsp3) is 0.545. The van der Waals surface area contributed by atoms with Crippen molar-refractivity contribution in [1.82, 2.24) is 14.8 Å². The van der Waals surface area contributed by atoms with Gasteiger partial charge >= 0.3 is 0 Å². The van der Waals surface area contributed by atoms with Crippen LogP contribution in [0.1, 0.15) is 42.7 Å². The van der Waals surface area contributed by atoms with Gasteiger partial charge in [-0.1, -0.05) is 18.6 Å². The third kappa shape index (κ3) is 5.61. The number of hydrogen-bond donors (Lipinski definition) is 0. The maximum absolute atomic E-state index is 12.9. The molecule has 0 aliphatic carbocycles. The molecule has 152 valence electrons. The Morgan fingerprint density at radius 1 is 1.11 bits per heavy atom. The maximum Gasteiger partial charge on any atom is 0.209 e. The zero-order valence-electron chi connectivity index (χ0n) is 16.9. The van der Waals surface area contributed by atoms with Gasteiger partial charge in [0.2, 0.25) is 6.41 Å². The van der Waals surface area contributed by atoms with E-state index >= 15 is 0 Å². The van der Waals surface area contributed by atoms with Gasteiger partial charge in [0.25, 0.3) is 0 Å². The molecule has 0 saturated carbocycles. The van der Waals surface area contributed by atoms with Crippen molar-refractivity contribution in [1.29, 1.82) is 0 Å². The number of amides is 1. The van der Waals surface area contributed by atoms with Crippen LogP contribution in [0.2, 0.25) is 0 Å². The van der Waals surface area contributed by atoms with Crippen molar-refractivity contribution in [2.45, 2.75) is 52.0 Å². The highest BCUT2D eigenvalue weighted by Crippen LogP contribution is 2.27. The minimum Gasteiger partial charge on any atom is -0.345 e. The molecule has 1 amide bonds. The van der Waals surface area contributed by atoms with Gasteiger partial charge in [-0.05, 0) is 64.8 Å². The van der Waals surface area contributed by atoms with Gasteiger partial charge in [-0.2, -0.15) is 0 Å². The van der Waals surface area contributed by atoms with E-state index in [0.717, 1.165) is 41.8 Å². The molecule has 0 bridgehead atoms. The molecule has 28 heavy (non-hydrogen) atoms. The lowest BCUT2D eigenvalue weighted by Crippen LogP contribution is -2.46. The molecule has 0 N–H and O–H groups in total. The number of benzene rings is 1.